The minimum Gasteiger partial charge on any atom is -0.468 e. The summed E-state index contributed by atoms with van der Waals surface area (Å²) in [6.07, 6.45) is 2.98. The zero-order chi connectivity index (χ0) is 22.8. The molecule has 1 fully saturated rings. The lowest BCUT2D eigenvalue weighted by Gasteiger charge is -2.24. The highest BCUT2D eigenvalue weighted by Crippen LogP contribution is 2.19. The Morgan fingerprint density at radius 3 is 2.52 bits per heavy atom. The zero-order valence-corrected chi connectivity index (χ0v) is 23.1. The molecule has 2 heterocycles. The van der Waals surface area contributed by atoms with Crippen molar-refractivity contribution in [1.82, 2.24) is 20.0 Å². The van der Waals surface area contributed by atoms with E-state index in [1.54, 1.807) is 6.26 Å². The molecule has 0 saturated carbocycles. The van der Waals surface area contributed by atoms with Gasteiger partial charge >= 0.3 is 0 Å². The van der Waals surface area contributed by atoms with Crippen LogP contribution in [0.25, 0.3) is 0 Å². The Balaban J connectivity index is 0.00000385. The minimum atomic E-state index is 0. The number of aliphatic imine (C=N–C) groups is 1. The molecular weight excluding hydrogens is 525 g/mol. The molecule has 7 heteroatoms. The first kappa shape index (κ1) is 27.7. The number of hydrogen-bond donors (Lipinski definition) is 1. The highest BCUT2D eigenvalue weighted by atomic mass is 127. The number of guanidine groups is 1. The summed E-state index contributed by atoms with van der Waals surface area (Å²) in [7, 11) is 2.13. The molecule has 1 atom stereocenters. The molecule has 0 bridgehead atoms. The molecule has 0 radical (unpaired) electrons. The molecule has 1 aromatic heterocycles. The van der Waals surface area contributed by atoms with Gasteiger partial charge in [0.05, 0.1) is 19.4 Å². The molecule has 1 unspecified atom stereocenters. The molecule has 1 N–H and O–H groups in total. The number of halogens is 1. The van der Waals surface area contributed by atoms with Crippen LogP contribution >= 0.6 is 24.0 Å². The first-order chi connectivity index (χ1) is 15.6. The Hall–Kier alpha value is -1.58. The van der Waals surface area contributed by atoms with E-state index < -0.39 is 0 Å². The molecule has 1 aliphatic rings. The number of hydrogen-bond acceptors (Lipinski definition) is 4. The standard InChI is InChI=1S/C26H41N5O.HI/c1-5-27-26(31-15-14-22(19-31)18-30(6-2)7-3)28-17-23-11-8-9-12-24(23)20-29(4)21-25-13-10-16-32-25;/h8-13,16,22H,5-7,14-15,17-21H2,1-4H3,(H,27,28);1H. The van der Waals surface area contributed by atoms with Crippen molar-refractivity contribution < 1.29 is 4.42 Å². The fraction of sp³-hybridized carbons (Fsp3) is 0.577. The van der Waals surface area contributed by atoms with E-state index in [2.05, 4.69) is 72.1 Å². The first-order valence-corrected chi connectivity index (χ1v) is 12.2. The van der Waals surface area contributed by atoms with Gasteiger partial charge in [-0.1, -0.05) is 38.1 Å². The Morgan fingerprint density at radius 2 is 1.85 bits per heavy atom. The molecule has 33 heavy (non-hydrogen) atoms. The summed E-state index contributed by atoms with van der Waals surface area (Å²) in [6, 6.07) is 12.6. The van der Waals surface area contributed by atoms with Crippen LogP contribution in [0.4, 0.5) is 0 Å². The topological polar surface area (TPSA) is 47.3 Å². The largest absolute Gasteiger partial charge is 0.468 e. The number of furan rings is 1. The molecule has 0 amide bonds. The summed E-state index contributed by atoms with van der Waals surface area (Å²) in [4.78, 5) is 12.3. The van der Waals surface area contributed by atoms with E-state index in [9.17, 15) is 0 Å². The number of likely N-dealkylation sites (tertiary alicyclic amines) is 1. The van der Waals surface area contributed by atoms with Crippen molar-refractivity contribution >= 4 is 29.9 Å². The summed E-state index contributed by atoms with van der Waals surface area (Å²) in [5.41, 5.74) is 2.61. The molecule has 6 nitrogen and oxygen atoms in total. The van der Waals surface area contributed by atoms with Crippen LogP contribution < -0.4 is 5.32 Å². The van der Waals surface area contributed by atoms with E-state index in [4.69, 9.17) is 9.41 Å². The predicted molar refractivity (Wildman–Crippen MR) is 148 cm³/mol. The van der Waals surface area contributed by atoms with Crippen LogP contribution in [0.2, 0.25) is 0 Å². The second kappa shape index (κ2) is 14.6. The second-order valence-electron chi connectivity index (χ2n) is 8.78. The monoisotopic (exact) mass is 567 g/mol. The van der Waals surface area contributed by atoms with Gasteiger partial charge < -0.3 is 19.5 Å². The smallest absolute Gasteiger partial charge is 0.194 e. The Kier molecular flexibility index (Phi) is 12.3. The molecular formula is C26H42IN5O. The van der Waals surface area contributed by atoms with E-state index in [0.717, 1.165) is 63.5 Å². The van der Waals surface area contributed by atoms with Crippen molar-refractivity contribution in [3.05, 3.63) is 59.5 Å². The number of rotatable bonds is 11. The maximum atomic E-state index is 5.50. The van der Waals surface area contributed by atoms with E-state index in [0.29, 0.717) is 6.54 Å². The van der Waals surface area contributed by atoms with Gasteiger partial charge in [-0.3, -0.25) is 4.90 Å². The summed E-state index contributed by atoms with van der Waals surface area (Å²) in [5, 5.41) is 3.53. The summed E-state index contributed by atoms with van der Waals surface area (Å²) < 4.78 is 5.50. The molecule has 1 aliphatic heterocycles. The lowest BCUT2D eigenvalue weighted by molar-refractivity contribution is 0.255. The van der Waals surface area contributed by atoms with E-state index in [-0.39, 0.29) is 24.0 Å². The summed E-state index contributed by atoms with van der Waals surface area (Å²) >= 11 is 0. The highest BCUT2D eigenvalue weighted by molar-refractivity contribution is 14.0. The minimum absolute atomic E-state index is 0. The molecule has 0 spiro atoms. The van der Waals surface area contributed by atoms with Crippen molar-refractivity contribution in [3.8, 4) is 0 Å². The zero-order valence-electron chi connectivity index (χ0n) is 20.8. The third kappa shape index (κ3) is 8.61. The van der Waals surface area contributed by atoms with E-state index >= 15 is 0 Å². The van der Waals surface area contributed by atoms with Gasteiger partial charge in [0.1, 0.15) is 5.76 Å². The van der Waals surface area contributed by atoms with E-state index in [1.165, 1.54) is 24.1 Å². The molecule has 184 valence electrons. The fourth-order valence-corrected chi connectivity index (χ4v) is 4.49. The molecule has 2 aromatic rings. The SMILES string of the molecule is CCNC(=NCc1ccccc1CN(C)Cc1ccco1)N1CCC(CN(CC)CC)C1.I. The van der Waals surface area contributed by atoms with Gasteiger partial charge in [0.25, 0.3) is 0 Å². The third-order valence-corrected chi connectivity index (χ3v) is 6.29. The highest BCUT2D eigenvalue weighted by Gasteiger charge is 2.26. The Labute approximate surface area is 217 Å². The lowest BCUT2D eigenvalue weighted by atomic mass is 10.1. The van der Waals surface area contributed by atoms with Crippen LogP contribution in [0.3, 0.4) is 0 Å². The van der Waals surface area contributed by atoms with Crippen molar-refractivity contribution in [3.63, 3.8) is 0 Å². The number of benzene rings is 1. The molecule has 0 aliphatic carbocycles. The van der Waals surface area contributed by atoms with Crippen molar-refractivity contribution in [2.24, 2.45) is 10.9 Å². The summed E-state index contributed by atoms with van der Waals surface area (Å²) in [6.45, 7) is 15.6. The van der Waals surface area contributed by atoms with Gasteiger partial charge in [0.15, 0.2) is 5.96 Å². The molecule has 1 saturated heterocycles. The van der Waals surface area contributed by atoms with E-state index in [1.807, 2.05) is 12.1 Å². The van der Waals surface area contributed by atoms with Crippen LogP contribution in [0.5, 0.6) is 0 Å². The van der Waals surface area contributed by atoms with Gasteiger partial charge in [-0.25, -0.2) is 4.99 Å². The van der Waals surface area contributed by atoms with Crippen molar-refractivity contribution in [2.75, 3.05) is 46.3 Å². The number of nitrogens with one attached hydrogen (secondary N) is 1. The van der Waals surface area contributed by atoms with Crippen LogP contribution in [0, 0.1) is 5.92 Å². The molecule has 1 aromatic carbocycles. The average Bonchev–Trinajstić information content (AvgIpc) is 3.48. The maximum Gasteiger partial charge on any atom is 0.194 e. The third-order valence-electron chi connectivity index (χ3n) is 6.29. The van der Waals surface area contributed by atoms with Gasteiger partial charge in [0.2, 0.25) is 0 Å². The van der Waals surface area contributed by atoms with Gasteiger partial charge in [-0.2, -0.15) is 0 Å². The summed E-state index contributed by atoms with van der Waals surface area (Å²) in [5.74, 6) is 2.76. The van der Waals surface area contributed by atoms with Crippen LogP contribution in [-0.2, 0) is 19.6 Å². The second-order valence-corrected chi connectivity index (χ2v) is 8.78. The van der Waals surface area contributed by atoms with Gasteiger partial charge in [-0.05, 0) is 62.7 Å². The molecule has 3 rings (SSSR count). The van der Waals surface area contributed by atoms with Crippen LogP contribution in [-0.4, -0.2) is 67.0 Å². The van der Waals surface area contributed by atoms with Gasteiger partial charge in [-0.15, -0.1) is 24.0 Å². The average molecular weight is 568 g/mol. The van der Waals surface area contributed by atoms with Gasteiger partial charge in [0, 0.05) is 32.7 Å². The van der Waals surface area contributed by atoms with Crippen LogP contribution in [0.15, 0.2) is 52.1 Å². The predicted octanol–water partition coefficient (Wildman–Crippen LogP) is 4.66. The maximum absolute atomic E-state index is 5.50. The fourth-order valence-electron chi connectivity index (χ4n) is 4.49. The quantitative estimate of drug-likeness (QED) is 0.243. The Morgan fingerprint density at radius 1 is 1.09 bits per heavy atom. The van der Waals surface area contributed by atoms with Crippen molar-refractivity contribution in [2.45, 2.75) is 46.8 Å². The number of nitrogens with zero attached hydrogens (tertiary/aromatic N) is 4. The Bertz CT molecular complexity index is 822. The lowest BCUT2D eigenvalue weighted by Crippen LogP contribution is -2.41. The van der Waals surface area contributed by atoms with Crippen LogP contribution in [0.1, 0.15) is 44.1 Å². The van der Waals surface area contributed by atoms with Crippen molar-refractivity contribution in [1.29, 1.82) is 0 Å². The first-order valence-electron chi connectivity index (χ1n) is 12.2. The normalized spacial score (nSPS) is 16.5.